The number of anilines is 1. The molecular weight excluding hydrogens is 535 g/mol. The summed E-state index contributed by atoms with van der Waals surface area (Å²) in [4.78, 5) is 33.2. The van der Waals surface area contributed by atoms with Crippen molar-refractivity contribution in [1.82, 2.24) is 15.3 Å². The molecule has 1 heterocycles. The standard InChI is InChI=1S/C22H19BrCl2N4O2S/c23-17-12-27-22(32-13-14-4-1-2-5-18(14)25)29-20(17)21(31)26-11-3-6-19(30)28-16-9-7-15(24)8-10-16/h1-2,4-5,7-10,12H,3,6,11,13H2,(H,26,31)(H,28,30). The molecule has 0 saturated carbocycles. The number of halogens is 3. The highest BCUT2D eigenvalue weighted by atomic mass is 79.9. The molecule has 1 aromatic heterocycles. The molecule has 10 heteroatoms. The monoisotopic (exact) mass is 552 g/mol. The number of amides is 2. The Kier molecular flexibility index (Phi) is 9.35. The zero-order valence-electron chi connectivity index (χ0n) is 16.8. The summed E-state index contributed by atoms with van der Waals surface area (Å²) in [5.74, 6) is 0.116. The van der Waals surface area contributed by atoms with Crippen LogP contribution < -0.4 is 10.6 Å². The van der Waals surface area contributed by atoms with E-state index in [0.717, 1.165) is 5.56 Å². The summed E-state index contributed by atoms with van der Waals surface area (Å²) < 4.78 is 0.498. The fourth-order valence-electron chi connectivity index (χ4n) is 2.63. The van der Waals surface area contributed by atoms with Crippen LogP contribution in [0.4, 0.5) is 5.69 Å². The predicted octanol–water partition coefficient (Wildman–Crippen LogP) is 5.99. The van der Waals surface area contributed by atoms with Crippen molar-refractivity contribution in [2.45, 2.75) is 23.8 Å². The number of carbonyl (C=O) groups is 2. The van der Waals surface area contributed by atoms with Crippen LogP contribution in [0.5, 0.6) is 0 Å². The van der Waals surface area contributed by atoms with Gasteiger partial charge in [-0.15, -0.1) is 0 Å². The van der Waals surface area contributed by atoms with Crippen LogP contribution >= 0.6 is 50.9 Å². The molecule has 0 atom stereocenters. The van der Waals surface area contributed by atoms with E-state index in [0.29, 0.717) is 44.1 Å². The van der Waals surface area contributed by atoms with Crippen molar-refractivity contribution >= 4 is 68.4 Å². The second-order valence-corrected chi connectivity index (χ2v) is 9.28. The molecule has 32 heavy (non-hydrogen) atoms. The van der Waals surface area contributed by atoms with Crippen LogP contribution in [0.3, 0.4) is 0 Å². The van der Waals surface area contributed by atoms with Crippen molar-refractivity contribution in [2.24, 2.45) is 0 Å². The Morgan fingerprint density at radius 1 is 1.06 bits per heavy atom. The zero-order chi connectivity index (χ0) is 22.9. The van der Waals surface area contributed by atoms with Crippen LogP contribution in [0.2, 0.25) is 10.0 Å². The Morgan fingerprint density at radius 2 is 1.81 bits per heavy atom. The van der Waals surface area contributed by atoms with Crippen LogP contribution in [0.15, 0.2) is 64.4 Å². The summed E-state index contributed by atoms with van der Waals surface area (Å²) in [6.07, 6.45) is 2.31. The number of nitrogens with zero attached hydrogens (tertiary/aromatic N) is 2. The first kappa shape index (κ1) is 24.5. The molecule has 0 aliphatic carbocycles. The summed E-state index contributed by atoms with van der Waals surface area (Å²) >= 11 is 16.7. The number of benzene rings is 2. The maximum absolute atomic E-state index is 12.5. The summed E-state index contributed by atoms with van der Waals surface area (Å²) in [6.45, 7) is 0.339. The molecule has 0 unspecified atom stereocenters. The summed E-state index contributed by atoms with van der Waals surface area (Å²) in [6, 6.07) is 14.4. The summed E-state index contributed by atoms with van der Waals surface area (Å²) in [5, 5.41) is 7.33. The van der Waals surface area contributed by atoms with Crippen molar-refractivity contribution in [3.8, 4) is 0 Å². The molecule has 3 aromatic rings. The van der Waals surface area contributed by atoms with Crippen molar-refractivity contribution in [2.75, 3.05) is 11.9 Å². The van der Waals surface area contributed by atoms with Crippen molar-refractivity contribution in [3.05, 3.63) is 80.5 Å². The molecule has 0 saturated heterocycles. The van der Waals surface area contributed by atoms with Gasteiger partial charge in [0.05, 0.1) is 4.47 Å². The van der Waals surface area contributed by atoms with Gasteiger partial charge in [0.25, 0.3) is 5.91 Å². The minimum absolute atomic E-state index is 0.136. The third kappa shape index (κ3) is 7.48. The Hall–Kier alpha value is -2.13. The molecule has 0 radical (unpaired) electrons. The van der Waals surface area contributed by atoms with Crippen molar-refractivity contribution < 1.29 is 9.59 Å². The number of thioether (sulfide) groups is 1. The van der Waals surface area contributed by atoms with Gasteiger partial charge in [-0.05, 0) is 58.2 Å². The smallest absolute Gasteiger partial charge is 0.271 e. The second-order valence-electron chi connectivity index (χ2n) is 6.64. The highest BCUT2D eigenvalue weighted by Crippen LogP contribution is 2.25. The largest absolute Gasteiger partial charge is 0.351 e. The first-order valence-electron chi connectivity index (χ1n) is 9.65. The highest BCUT2D eigenvalue weighted by Gasteiger charge is 2.14. The molecule has 166 valence electrons. The molecule has 0 bridgehead atoms. The van der Waals surface area contributed by atoms with Gasteiger partial charge in [0.15, 0.2) is 5.16 Å². The number of hydrogen-bond acceptors (Lipinski definition) is 5. The van der Waals surface area contributed by atoms with Gasteiger partial charge in [0.2, 0.25) is 5.91 Å². The van der Waals surface area contributed by atoms with E-state index in [-0.39, 0.29) is 23.9 Å². The van der Waals surface area contributed by atoms with E-state index in [1.54, 1.807) is 30.5 Å². The molecule has 0 aliphatic rings. The maximum Gasteiger partial charge on any atom is 0.271 e. The molecule has 2 amide bonds. The molecule has 2 N–H and O–H groups in total. The number of rotatable bonds is 9. The minimum atomic E-state index is -0.336. The van der Waals surface area contributed by atoms with E-state index in [1.165, 1.54) is 11.8 Å². The lowest BCUT2D eigenvalue weighted by Gasteiger charge is -2.08. The third-order valence-electron chi connectivity index (χ3n) is 4.25. The zero-order valence-corrected chi connectivity index (χ0v) is 20.7. The topological polar surface area (TPSA) is 84.0 Å². The number of carbonyl (C=O) groups excluding carboxylic acids is 2. The van der Waals surface area contributed by atoms with E-state index in [2.05, 4.69) is 36.5 Å². The predicted molar refractivity (Wildman–Crippen MR) is 132 cm³/mol. The summed E-state index contributed by atoms with van der Waals surface area (Å²) in [5.41, 5.74) is 1.89. The lowest BCUT2D eigenvalue weighted by molar-refractivity contribution is -0.116. The van der Waals surface area contributed by atoms with E-state index >= 15 is 0 Å². The fourth-order valence-corrected chi connectivity index (χ4v) is 4.23. The van der Waals surface area contributed by atoms with Gasteiger partial charge in [0, 0.05) is 40.6 Å². The van der Waals surface area contributed by atoms with Crippen molar-refractivity contribution in [1.29, 1.82) is 0 Å². The SMILES string of the molecule is O=C(CCCNC(=O)c1nc(SCc2ccccc2Cl)ncc1Br)Nc1ccc(Cl)cc1. The van der Waals surface area contributed by atoms with Gasteiger partial charge >= 0.3 is 0 Å². The third-order valence-corrected chi connectivity index (χ3v) is 6.36. The second kappa shape index (κ2) is 12.2. The quantitative estimate of drug-likeness (QED) is 0.193. The van der Waals surface area contributed by atoms with Gasteiger partial charge in [-0.1, -0.05) is 53.2 Å². The molecular formula is C22H19BrCl2N4O2S. The number of aromatic nitrogens is 2. The Labute approximate surface area is 208 Å². The van der Waals surface area contributed by atoms with E-state index in [4.69, 9.17) is 23.2 Å². The number of hydrogen-bond donors (Lipinski definition) is 2. The van der Waals surface area contributed by atoms with Crippen LogP contribution in [0.25, 0.3) is 0 Å². The lowest BCUT2D eigenvalue weighted by Crippen LogP contribution is -2.27. The first-order valence-corrected chi connectivity index (χ1v) is 12.2. The Morgan fingerprint density at radius 3 is 2.56 bits per heavy atom. The van der Waals surface area contributed by atoms with Gasteiger partial charge in [-0.25, -0.2) is 9.97 Å². The fraction of sp³-hybridized carbons (Fsp3) is 0.182. The average Bonchev–Trinajstić information content (AvgIpc) is 2.78. The molecule has 0 aliphatic heterocycles. The number of nitrogens with one attached hydrogen (secondary N) is 2. The highest BCUT2D eigenvalue weighted by molar-refractivity contribution is 9.10. The van der Waals surface area contributed by atoms with Gasteiger partial charge < -0.3 is 10.6 Å². The Bertz CT molecular complexity index is 1100. The molecule has 0 fully saturated rings. The first-order chi connectivity index (χ1) is 15.4. The molecule has 3 rings (SSSR count). The maximum atomic E-state index is 12.5. The molecule has 0 spiro atoms. The normalized spacial score (nSPS) is 10.6. The van der Waals surface area contributed by atoms with Crippen molar-refractivity contribution in [3.63, 3.8) is 0 Å². The molecule has 6 nitrogen and oxygen atoms in total. The van der Waals surface area contributed by atoms with Crippen LogP contribution in [0.1, 0.15) is 28.9 Å². The average molecular weight is 554 g/mol. The van der Waals surface area contributed by atoms with E-state index in [9.17, 15) is 9.59 Å². The van der Waals surface area contributed by atoms with E-state index < -0.39 is 0 Å². The van der Waals surface area contributed by atoms with Gasteiger partial charge in [-0.3, -0.25) is 9.59 Å². The van der Waals surface area contributed by atoms with Crippen LogP contribution in [-0.2, 0) is 10.5 Å². The van der Waals surface area contributed by atoms with E-state index in [1.807, 2.05) is 24.3 Å². The van der Waals surface area contributed by atoms with Crippen LogP contribution in [-0.4, -0.2) is 28.3 Å². The Balaban J connectivity index is 1.47. The molecule has 2 aromatic carbocycles. The minimum Gasteiger partial charge on any atom is -0.351 e. The van der Waals surface area contributed by atoms with Gasteiger partial charge in [0.1, 0.15) is 5.69 Å². The van der Waals surface area contributed by atoms with Crippen LogP contribution in [0, 0.1) is 0 Å². The lowest BCUT2D eigenvalue weighted by atomic mass is 10.2. The summed E-state index contributed by atoms with van der Waals surface area (Å²) in [7, 11) is 0. The van der Waals surface area contributed by atoms with Gasteiger partial charge in [-0.2, -0.15) is 0 Å².